The van der Waals surface area contributed by atoms with E-state index in [9.17, 15) is 19.7 Å². The van der Waals surface area contributed by atoms with E-state index in [4.69, 9.17) is 9.47 Å². The number of hydrogen-bond acceptors (Lipinski definition) is 6. The van der Waals surface area contributed by atoms with Crippen LogP contribution in [0.4, 0.5) is 5.69 Å². The van der Waals surface area contributed by atoms with Gasteiger partial charge in [-0.05, 0) is 60.1 Å². The molecule has 0 saturated heterocycles. The van der Waals surface area contributed by atoms with Crippen LogP contribution in [-0.4, -0.2) is 32.5 Å². The Morgan fingerprint density at radius 1 is 1.00 bits per heavy atom. The first-order chi connectivity index (χ1) is 12.2. The molecule has 0 atom stereocenters. The summed E-state index contributed by atoms with van der Waals surface area (Å²) in [4.78, 5) is 36.7. The second-order valence-electron chi connectivity index (χ2n) is 8.29. The Morgan fingerprint density at radius 2 is 1.52 bits per heavy atom. The van der Waals surface area contributed by atoms with Crippen molar-refractivity contribution in [1.29, 1.82) is 0 Å². The number of pyridine rings is 1. The van der Waals surface area contributed by atoms with Gasteiger partial charge in [-0.25, -0.2) is 9.59 Å². The molecule has 0 N–H and O–H groups in total. The van der Waals surface area contributed by atoms with Gasteiger partial charge in [-0.15, -0.1) is 0 Å². The number of hydrogen-bond donors (Lipinski definition) is 0. The summed E-state index contributed by atoms with van der Waals surface area (Å²) in [6.45, 7) is 11.7. The number of aryl methyl sites for hydroxylation is 1. The van der Waals surface area contributed by atoms with Gasteiger partial charge in [-0.2, -0.15) is 0 Å². The summed E-state index contributed by atoms with van der Waals surface area (Å²) >= 11 is 0. The molecule has 2 aromatic rings. The van der Waals surface area contributed by atoms with E-state index >= 15 is 0 Å². The van der Waals surface area contributed by atoms with Crippen molar-refractivity contribution in [1.82, 2.24) is 4.40 Å². The number of fused-ring (bicyclic) bond motifs is 1. The predicted molar refractivity (Wildman–Crippen MR) is 99.1 cm³/mol. The molecule has 2 rings (SSSR count). The normalized spacial score (nSPS) is 12.1. The first-order valence-electron chi connectivity index (χ1n) is 8.47. The Balaban J connectivity index is 2.85. The lowest BCUT2D eigenvalue weighted by Crippen LogP contribution is -2.28. The molecule has 0 aliphatic heterocycles. The number of rotatable bonds is 3. The molecule has 8 heteroatoms. The van der Waals surface area contributed by atoms with Crippen molar-refractivity contribution >= 4 is 23.1 Å². The largest absolute Gasteiger partial charge is 0.456 e. The molecule has 146 valence electrons. The van der Waals surface area contributed by atoms with Gasteiger partial charge in [0.1, 0.15) is 16.7 Å². The van der Waals surface area contributed by atoms with Crippen LogP contribution in [-0.2, 0) is 9.47 Å². The van der Waals surface area contributed by atoms with Crippen molar-refractivity contribution in [2.24, 2.45) is 0 Å². The highest BCUT2D eigenvalue weighted by Gasteiger charge is 2.38. The Kier molecular flexibility index (Phi) is 5.05. The van der Waals surface area contributed by atoms with Gasteiger partial charge in [0.25, 0.3) is 0 Å². The fraction of sp³-hybridized carbons (Fsp3) is 0.474. The minimum atomic E-state index is -0.948. The Bertz CT molecular complexity index is 928. The summed E-state index contributed by atoms with van der Waals surface area (Å²) in [7, 11) is 0. The maximum Gasteiger partial charge on any atom is 0.357 e. The van der Waals surface area contributed by atoms with Crippen molar-refractivity contribution in [3.8, 4) is 0 Å². The summed E-state index contributed by atoms with van der Waals surface area (Å²) in [6, 6.07) is 3.16. The minimum Gasteiger partial charge on any atom is -0.456 e. The molecule has 0 saturated carbocycles. The van der Waals surface area contributed by atoms with E-state index in [1.54, 1.807) is 60.7 Å². The van der Waals surface area contributed by atoms with Gasteiger partial charge < -0.3 is 13.9 Å². The molecule has 2 aromatic heterocycles. The molecule has 0 aliphatic carbocycles. The van der Waals surface area contributed by atoms with E-state index in [-0.39, 0.29) is 11.2 Å². The van der Waals surface area contributed by atoms with Crippen LogP contribution in [0.15, 0.2) is 18.3 Å². The SMILES string of the molecule is Cc1ccc2c([N+](=O)[O-])c(C(=O)OC(C)(C)C)c(C(=O)OC(C)(C)C)n2c1. The van der Waals surface area contributed by atoms with Gasteiger partial charge >= 0.3 is 17.6 Å². The lowest BCUT2D eigenvalue weighted by Gasteiger charge is -2.21. The van der Waals surface area contributed by atoms with E-state index in [1.807, 2.05) is 0 Å². The molecule has 0 fully saturated rings. The molecule has 2 heterocycles. The maximum atomic E-state index is 12.8. The molecule has 0 unspecified atom stereocenters. The van der Waals surface area contributed by atoms with E-state index in [0.29, 0.717) is 0 Å². The fourth-order valence-corrected chi connectivity index (χ4v) is 2.58. The molecule has 27 heavy (non-hydrogen) atoms. The number of carbonyl (C=O) groups is 2. The first kappa shape index (κ1) is 20.4. The van der Waals surface area contributed by atoms with Crippen molar-refractivity contribution in [2.75, 3.05) is 0 Å². The summed E-state index contributed by atoms with van der Waals surface area (Å²) < 4.78 is 12.0. The summed E-state index contributed by atoms with van der Waals surface area (Å²) in [5.74, 6) is -1.78. The standard InChI is InChI=1S/C19H24N2O6/c1-11-8-9-12-14(21(24)25)13(16(22)26-18(2,3)4)15(20(12)10-11)17(23)27-19(5,6)7/h8-10H,1-7H3. The molecule has 0 radical (unpaired) electrons. The highest BCUT2D eigenvalue weighted by atomic mass is 16.6. The highest BCUT2D eigenvalue weighted by molar-refractivity contribution is 6.09. The summed E-state index contributed by atoms with van der Waals surface area (Å²) in [6.07, 6.45) is 1.55. The van der Waals surface area contributed by atoms with Crippen molar-refractivity contribution in [3.05, 3.63) is 45.3 Å². The van der Waals surface area contributed by atoms with Crippen molar-refractivity contribution in [2.45, 2.75) is 59.7 Å². The van der Waals surface area contributed by atoms with Crippen LogP contribution in [0.5, 0.6) is 0 Å². The molecule has 0 bridgehead atoms. The zero-order chi connectivity index (χ0) is 20.7. The molecule has 0 spiro atoms. The van der Waals surface area contributed by atoms with Crippen LogP contribution >= 0.6 is 0 Å². The van der Waals surface area contributed by atoms with Crippen LogP contribution in [0.25, 0.3) is 5.52 Å². The third-order valence-corrected chi connectivity index (χ3v) is 3.43. The van der Waals surface area contributed by atoms with Crippen LogP contribution in [0.3, 0.4) is 0 Å². The van der Waals surface area contributed by atoms with Gasteiger partial charge in [0.15, 0.2) is 11.3 Å². The van der Waals surface area contributed by atoms with Gasteiger partial charge in [-0.1, -0.05) is 6.07 Å². The van der Waals surface area contributed by atoms with E-state index in [2.05, 4.69) is 0 Å². The Morgan fingerprint density at radius 3 is 2.00 bits per heavy atom. The summed E-state index contributed by atoms with van der Waals surface area (Å²) in [5.41, 5.74) is -1.96. The zero-order valence-corrected chi connectivity index (χ0v) is 16.6. The number of esters is 2. The van der Waals surface area contributed by atoms with Crippen molar-refractivity contribution < 1.29 is 24.0 Å². The maximum absolute atomic E-state index is 12.8. The molecule has 8 nitrogen and oxygen atoms in total. The van der Waals surface area contributed by atoms with Crippen LogP contribution in [0, 0.1) is 17.0 Å². The van der Waals surface area contributed by atoms with Crippen molar-refractivity contribution in [3.63, 3.8) is 0 Å². The fourth-order valence-electron chi connectivity index (χ4n) is 2.58. The number of nitrogens with zero attached hydrogens (tertiary/aromatic N) is 2. The van der Waals surface area contributed by atoms with Crippen LogP contribution < -0.4 is 0 Å². The van der Waals surface area contributed by atoms with Crippen LogP contribution in [0.2, 0.25) is 0 Å². The van der Waals surface area contributed by atoms with Gasteiger partial charge in [-0.3, -0.25) is 10.1 Å². The van der Waals surface area contributed by atoms with E-state index in [1.165, 1.54) is 10.5 Å². The molecule has 0 aromatic carbocycles. The number of ether oxygens (including phenoxy) is 2. The molecular formula is C19H24N2O6. The van der Waals surface area contributed by atoms with Gasteiger partial charge in [0.05, 0.1) is 4.92 Å². The molecule has 0 aliphatic rings. The predicted octanol–water partition coefficient (Wildman–Crippen LogP) is 4.07. The average molecular weight is 376 g/mol. The van der Waals surface area contributed by atoms with Crippen LogP contribution in [0.1, 0.15) is 68.0 Å². The lowest BCUT2D eigenvalue weighted by atomic mass is 10.1. The summed E-state index contributed by atoms with van der Waals surface area (Å²) in [5, 5.41) is 11.7. The first-order valence-corrected chi connectivity index (χ1v) is 8.47. The van der Waals surface area contributed by atoms with E-state index < -0.39 is 39.3 Å². The lowest BCUT2D eigenvalue weighted by molar-refractivity contribution is -0.383. The zero-order valence-electron chi connectivity index (χ0n) is 16.6. The Labute approximate surface area is 157 Å². The van der Waals surface area contributed by atoms with Gasteiger partial charge in [0.2, 0.25) is 0 Å². The monoisotopic (exact) mass is 376 g/mol. The number of carbonyl (C=O) groups excluding carboxylic acids is 2. The number of aromatic nitrogens is 1. The molecular weight excluding hydrogens is 352 g/mol. The number of nitro groups is 1. The second kappa shape index (κ2) is 6.68. The second-order valence-corrected chi connectivity index (χ2v) is 8.29. The quantitative estimate of drug-likeness (QED) is 0.455. The smallest absolute Gasteiger partial charge is 0.357 e. The molecule has 0 amide bonds. The Hall–Kier alpha value is -2.90. The minimum absolute atomic E-state index is 0.118. The van der Waals surface area contributed by atoms with E-state index in [0.717, 1.165) is 5.56 Å². The van der Waals surface area contributed by atoms with Gasteiger partial charge in [0, 0.05) is 6.20 Å². The third kappa shape index (κ3) is 4.45. The third-order valence-electron chi connectivity index (χ3n) is 3.43. The topological polar surface area (TPSA) is 100 Å². The highest BCUT2D eigenvalue weighted by Crippen LogP contribution is 2.34. The average Bonchev–Trinajstić information content (AvgIpc) is 2.77.